The van der Waals surface area contributed by atoms with E-state index in [0.717, 1.165) is 17.1 Å². The van der Waals surface area contributed by atoms with Gasteiger partial charge in [0.05, 0.1) is 12.8 Å². The number of hydrogen-bond donors (Lipinski definition) is 0. The van der Waals surface area contributed by atoms with E-state index in [4.69, 9.17) is 4.74 Å². The normalized spacial score (nSPS) is 11.8. The molecule has 96 valence electrons. The van der Waals surface area contributed by atoms with Crippen LogP contribution in [-0.2, 0) is 0 Å². The minimum Gasteiger partial charge on any atom is -0.497 e. The summed E-state index contributed by atoms with van der Waals surface area (Å²) in [5, 5.41) is 0. The Bertz CT molecular complexity index is 568. The summed E-state index contributed by atoms with van der Waals surface area (Å²) in [4.78, 5) is 4.52. The second-order valence-electron chi connectivity index (χ2n) is 4.20. The van der Waals surface area contributed by atoms with Gasteiger partial charge in [-0.25, -0.2) is 0 Å². The highest BCUT2D eigenvalue weighted by atomic mass is 16.5. The van der Waals surface area contributed by atoms with Crippen molar-refractivity contribution in [3.63, 3.8) is 0 Å². The average Bonchev–Trinajstić information content (AvgIpc) is 2.47. The number of nitrogens with zero attached hydrogens (tertiary/aromatic N) is 1. The van der Waals surface area contributed by atoms with Gasteiger partial charge >= 0.3 is 0 Å². The summed E-state index contributed by atoms with van der Waals surface area (Å²) in [5.41, 5.74) is 3.07. The maximum Gasteiger partial charge on any atom is 0.119 e. The van der Waals surface area contributed by atoms with Gasteiger partial charge in [0.15, 0.2) is 0 Å². The molecule has 0 fully saturated rings. The Kier molecular flexibility index (Phi) is 4.51. The number of ether oxygens (including phenoxy) is 1. The summed E-state index contributed by atoms with van der Waals surface area (Å²) >= 11 is 0. The molecule has 0 aliphatic carbocycles. The fraction of sp³-hybridized carbons (Fsp3) is 0.118. The van der Waals surface area contributed by atoms with Gasteiger partial charge < -0.3 is 4.74 Å². The highest BCUT2D eigenvalue weighted by Gasteiger charge is 1.92. The molecule has 0 aromatic heterocycles. The zero-order chi connectivity index (χ0) is 13.5. The predicted molar refractivity (Wildman–Crippen MR) is 81.2 cm³/mol. The van der Waals surface area contributed by atoms with Crippen LogP contribution in [0.3, 0.4) is 0 Å². The molecule has 0 atom stereocenters. The molecule has 0 aliphatic heterocycles. The van der Waals surface area contributed by atoms with Crippen LogP contribution in [0.5, 0.6) is 5.75 Å². The number of allylic oxidation sites excluding steroid dienone is 1. The van der Waals surface area contributed by atoms with Crippen molar-refractivity contribution in [1.82, 2.24) is 0 Å². The van der Waals surface area contributed by atoms with Crippen LogP contribution in [0.2, 0.25) is 0 Å². The zero-order valence-electron chi connectivity index (χ0n) is 11.2. The first-order chi connectivity index (χ1) is 9.28. The van der Waals surface area contributed by atoms with E-state index in [1.807, 2.05) is 55.5 Å². The molecule has 0 unspecified atom stereocenters. The maximum absolute atomic E-state index is 5.12. The average molecular weight is 251 g/mol. The first kappa shape index (κ1) is 13.1. The molecule has 0 N–H and O–H groups in total. The molecule has 2 rings (SSSR count). The van der Waals surface area contributed by atoms with Crippen LogP contribution < -0.4 is 4.74 Å². The Balaban J connectivity index is 2.08. The van der Waals surface area contributed by atoms with Crippen LogP contribution in [0.4, 0.5) is 5.69 Å². The van der Waals surface area contributed by atoms with Crippen LogP contribution in [0.1, 0.15) is 12.5 Å². The highest BCUT2D eigenvalue weighted by molar-refractivity contribution is 5.97. The predicted octanol–water partition coefficient (Wildman–Crippen LogP) is 4.50. The van der Waals surface area contributed by atoms with Gasteiger partial charge in [-0.15, -0.1) is 0 Å². The largest absolute Gasteiger partial charge is 0.497 e. The number of aliphatic imine (C=N–C) groups is 1. The molecule has 0 amide bonds. The third-order valence-electron chi connectivity index (χ3n) is 2.69. The van der Waals surface area contributed by atoms with Gasteiger partial charge in [-0.3, -0.25) is 4.99 Å². The van der Waals surface area contributed by atoms with Crippen LogP contribution in [0.25, 0.3) is 6.08 Å². The molecular formula is C17H17NO. The maximum atomic E-state index is 5.12. The number of methoxy groups -OCH3 is 1. The second-order valence-corrected chi connectivity index (χ2v) is 4.20. The van der Waals surface area contributed by atoms with Crippen molar-refractivity contribution >= 4 is 17.5 Å². The molecule has 2 nitrogen and oxygen atoms in total. The van der Waals surface area contributed by atoms with Crippen LogP contribution in [-0.4, -0.2) is 12.8 Å². The van der Waals surface area contributed by atoms with Crippen LogP contribution in [0, 0.1) is 0 Å². The lowest BCUT2D eigenvalue weighted by molar-refractivity contribution is 0.415. The summed E-state index contributed by atoms with van der Waals surface area (Å²) in [6.45, 7) is 1.99. The highest BCUT2D eigenvalue weighted by Crippen LogP contribution is 2.18. The van der Waals surface area contributed by atoms with Crippen molar-refractivity contribution in [3.05, 3.63) is 66.2 Å². The summed E-state index contributed by atoms with van der Waals surface area (Å²) in [6.07, 6.45) is 4.07. The Morgan fingerprint density at radius 3 is 2.32 bits per heavy atom. The fourth-order valence-corrected chi connectivity index (χ4v) is 1.68. The topological polar surface area (TPSA) is 21.6 Å². The number of rotatable bonds is 4. The van der Waals surface area contributed by atoms with Gasteiger partial charge in [0.2, 0.25) is 0 Å². The minimum absolute atomic E-state index is 0.844. The van der Waals surface area contributed by atoms with E-state index in [-0.39, 0.29) is 0 Å². The van der Waals surface area contributed by atoms with E-state index in [2.05, 4.69) is 23.2 Å². The smallest absolute Gasteiger partial charge is 0.119 e. The van der Waals surface area contributed by atoms with Gasteiger partial charge in [0.25, 0.3) is 0 Å². The minimum atomic E-state index is 0.844. The Morgan fingerprint density at radius 1 is 1.00 bits per heavy atom. The molecule has 0 spiro atoms. The van der Waals surface area contributed by atoms with E-state index < -0.39 is 0 Å². The molecular weight excluding hydrogens is 234 g/mol. The summed E-state index contributed by atoms with van der Waals surface area (Å²) in [5.74, 6) is 0.844. The monoisotopic (exact) mass is 251 g/mol. The van der Waals surface area contributed by atoms with Crippen molar-refractivity contribution in [1.29, 1.82) is 0 Å². The standard InChI is InChI=1S/C17H17NO/c1-14(8-9-15-6-4-3-5-7-15)18-16-10-12-17(19-2)13-11-16/h3-13H,1-2H3/b9-8+,18-14?. The molecule has 0 radical (unpaired) electrons. The SMILES string of the molecule is COc1ccc(N=C(C)/C=C/c2ccccc2)cc1. The van der Waals surface area contributed by atoms with Gasteiger partial charge in [-0.1, -0.05) is 36.4 Å². The molecule has 0 aliphatic rings. The molecule has 2 heteroatoms. The summed E-state index contributed by atoms with van der Waals surface area (Å²) < 4.78 is 5.12. The van der Waals surface area contributed by atoms with Gasteiger partial charge in [0.1, 0.15) is 5.75 Å². The second kappa shape index (κ2) is 6.55. The van der Waals surface area contributed by atoms with Crippen molar-refractivity contribution in [2.75, 3.05) is 7.11 Å². The molecule has 0 heterocycles. The lowest BCUT2D eigenvalue weighted by Crippen LogP contribution is -1.84. The van der Waals surface area contributed by atoms with E-state index in [9.17, 15) is 0 Å². The molecule has 0 saturated heterocycles. The van der Waals surface area contributed by atoms with Gasteiger partial charge in [-0.2, -0.15) is 0 Å². The molecule has 2 aromatic rings. The Labute approximate surface area is 114 Å². The van der Waals surface area contributed by atoms with Crippen LogP contribution >= 0.6 is 0 Å². The fourth-order valence-electron chi connectivity index (χ4n) is 1.68. The molecule has 0 bridgehead atoms. The lowest BCUT2D eigenvalue weighted by Gasteiger charge is -1.99. The number of benzene rings is 2. The number of hydrogen-bond acceptors (Lipinski definition) is 2. The lowest BCUT2D eigenvalue weighted by atomic mass is 10.2. The van der Waals surface area contributed by atoms with Gasteiger partial charge in [0, 0.05) is 5.71 Å². The van der Waals surface area contributed by atoms with E-state index in [1.165, 1.54) is 5.56 Å². The molecule has 2 aromatic carbocycles. The van der Waals surface area contributed by atoms with Crippen LogP contribution in [0.15, 0.2) is 65.7 Å². The van der Waals surface area contributed by atoms with Crippen molar-refractivity contribution < 1.29 is 4.74 Å². The Morgan fingerprint density at radius 2 is 1.68 bits per heavy atom. The Hall–Kier alpha value is -2.35. The van der Waals surface area contributed by atoms with Crippen molar-refractivity contribution in [3.8, 4) is 5.75 Å². The first-order valence-corrected chi connectivity index (χ1v) is 6.20. The quantitative estimate of drug-likeness (QED) is 0.733. The first-order valence-electron chi connectivity index (χ1n) is 6.20. The van der Waals surface area contributed by atoms with Crippen molar-refractivity contribution in [2.45, 2.75) is 6.92 Å². The third-order valence-corrected chi connectivity index (χ3v) is 2.69. The zero-order valence-corrected chi connectivity index (χ0v) is 11.2. The summed E-state index contributed by atoms with van der Waals surface area (Å²) in [7, 11) is 1.66. The van der Waals surface area contributed by atoms with E-state index in [0.29, 0.717) is 0 Å². The van der Waals surface area contributed by atoms with E-state index in [1.54, 1.807) is 7.11 Å². The van der Waals surface area contributed by atoms with E-state index >= 15 is 0 Å². The van der Waals surface area contributed by atoms with Gasteiger partial charge in [-0.05, 0) is 42.8 Å². The molecule has 0 saturated carbocycles. The third kappa shape index (κ3) is 4.11. The summed E-state index contributed by atoms with van der Waals surface area (Å²) in [6, 6.07) is 17.9. The molecule has 19 heavy (non-hydrogen) atoms. The van der Waals surface area contributed by atoms with Crippen molar-refractivity contribution in [2.24, 2.45) is 4.99 Å².